The first-order valence-electron chi connectivity index (χ1n) is 22.1. The van der Waals surface area contributed by atoms with Crippen molar-refractivity contribution < 1.29 is 57.8 Å². The SMILES string of the molecule is CCc1cc2c([cH-]1)C=CC=CC2c1ccc(-c2ccccc2)c(F)c1.CCc1cc2c([cH-]1)C=CC=CC2c1ccc(-c2ccccc2)c(F)c1.[Cl-].[Cl-].[Zr+2]=[C](c1ccccc1)c1ccccc1. The van der Waals surface area contributed by atoms with Gasteiger partial charge in [0.25, 0.3) is 0 Å². The quantitative estimate of drug-likeness (QED) is 0.133. The summed E-state index contributed by atoms with van der Waals surface area (Å²) >= 11 is 1.46. The number of allylic oxidation sites excluding steroid dienone is 6. The molecule has 2 aliphatic rings. The summed E-state index contributed by atoms with van der Waals surface area (Å²) in [5.74, 6) is -0.162. The Bertz CT molecular complexity index is 2740. The first-order chi connectivity index (χ1) is 31.4. The minimum absolute atomic E-state index is 0. The van der Waals surface area contributed by atoms with Crippen LogP contribution in [0.5, 0.6) is 0 Å². The minimum atomic E-state index is -0.168. The van der Waals surface area contributed by atoms with Gasteiger partial charge in [-0.2, -0.15) is 34.4 Å². The molecule has 2 unspecified atom stereocenters. The molecular formula is C61H50Cl2F2Zr-2. The summed E-state index contributed by atoms with van der Waals surface area (Å²) in [5, 5.41) is 0. The van der Waals surface area contributed by atoms with Crippen LogP contribution in [-0.2, 0) is 37.1 Å². The van der Waals surface area contributed by atoms with Crippen molar-refractivity contribution in [3.8, 4) is 22.3 Å². The van der Waals surface area contributed by atoms with E-state index in [-0.39, 0.29) is 48.3 Å². The molecule has 8 aromatic carbocycles. The number of benzene rings is 6. The average Bonchev–Trinajstić information content (AvgIpc) is 3.83. The Morgan fingerprint density at radius 2 is 0.833 bits per heavy atom. The standard InChI is InChI=1S/2C24H20F.C13H10.2ClH.Zr/c2*1-2-17-14-19-10-6-7-11-21(23(19)15-17)20-12-13-22(24(25)16-20)18-8-4-3-5-9-18;1-3-7-12(8-4-1)11-13-9-5-2-6-10-13;;;/h2*3-16,21H,2H2,1H3;1-10H;2*1H;/q2*-1;;;;+2/p-2. The van der Waals surface area contributed by atoms with Gasteiger partial charge >= 0.3 is 99.2 Å². The van der Waals surface area contributed by atoms with Crippen LogP contribution in [0, 0.1) is 11.6 Å². The van der Waals surface area contributed by atoms with E-state index in [4.69, 9.17) is 0 Å². The van der Waals surface area contributed by atoms with Crippen molar-refractivity contribution in [3.05, 3.63) is 286 Å². The summed E-state index contributed by atoms with van der Waals surface area (Å²) in [6, 6.07) is 60.7. The normalized spacial score (nSPS) is 14.1. The summed E-state index contributed by atoms with van der Waals surface area (Å²) in [6.07, 6.45) is 18.8. The van der Waals surface area contributed by atoms with Crippen LogP contribution in [0.3, 0.4) is 0 Å². The van der Waals surface area contributed by atoms with Crippen molar-refractivity contribution in [3.63, 3.8) is 0 Å². The first-order valence-corrected chi connectivity index (χ1v) is 23.3. The molecule has 0 bridgehead atoms. The maximum atomic E-state index is 14.8. The van der Waals surface area contributed by atoms with Gasteiger partial charge in [0.05, 0.1) is 0 Å². The predicted molar refractivity (Wildman–Crippen MR) is 263 cm³/mol. The van der Waals surface area contributed by atoms with Crippen LogP contribution in [0.4, 0.5) is 8.78 Å². The van der Waals surface area contributed by atoms with Crippen LogP contribution in [0.25, 0.3) is 34.4 Å². The van der Waals surface area contributed by atoms with Crippen molar-refractivity contribution in [2.75, 3.05) is 0 Å². The van der Waals surface area contributed by atoms with Gasteiger partial charge in [0, 0.05) is 11.1 Å². The van der Waals surface area contributed by atoms with Crippen LogP contribution in [-0.4, -0.2) is 3.21 Å². The van der Waals surface area contributed by atoms with E-state index in [9.17, 15) is 8.78 Å². The third-order valence-corrected chi connectivity index (χ3v) is 13.3. The van der Waals surface area contributed by atoms with Crippen molar-refractivity contribution in [2.45, 2.75) is 38.5 Å². The molecule has 0 amide bonds. The van der Waals surface area contributed by atoms with Crippen molar-refractivity contribution >= 4 is 15.4 Å². The number of rotatable bonds is 8. The van der Waals surface area contributed by atoms with E-state index in [1.54, 1.807) is 12.1 Å². The predicted octanol–water partition coefficient (Wildman–Crippen LogP) is 9.79. The zero-order valence-electron chi connectivity index (χ0n) is 37.0. The molecule has 328 valence electrons. The second-order valence-corrected chi connectivity index (χ2v) is 17.2. The van der Waals surface area contributed by atoms with Crippen LogP contribution >= 0.6 is 0 Å². The second-order valence-electron chi connectivity index (χ2n) is 16.0. The van der Waals surface area contributed by atoms with Crippen LogP contribution < -0.4 is 24.8 Å². The van der Waals surface area contributed by atoms with E-state index in [1.807, 2.05) is 84.9 Å². The molecule has 0 aromatic heterocycles. The molecule has 0 radical (unpaired) electrons. The Labute approximate surface area is 416 Å². The third kappa shape index (κ3) is 11.9. The molecule has 8 aromatic rings. The van der Waals surface area contributed by atoms with Crippen molar-refractivity contribution in [1.82, 2.24) is 0 Å². The fourth-order valence-electron chi connectivity index (χ4n) is 8.44. The van der Waals surface area contributed by atoms with Gasteiger partial charge in [-0.05, 0) is 59.1 Å². The summed E-state index contributed by atoms with van der Waals surface area (Å²) in [6.45, 7) is 4.33. The third-order valence-electron chi connectivity index (χ3n) is 11.9. The fourth-order valence-corrected chi connectivity index (χ4v) is 9.26. The number of aryl methyl sites for hydroxylation is 2. The Morgan fingerprint density at radius 3 is 1.18 bits per heavy atom. The molecule has 66 heavy (non-hydrogen) atoms. The van der Waals surface area contributed by atoms with Gasteiger partial charge in [-0.1, -0.05) is 123 Å². The van der Waals surface area contributed by atoms with E-state index in [0.29, 0.717) is 11.1 Å². The van der Waals surface area contributed by atoms with Gasteiger partial charge in [-0.25, -0.2) is 8.78 Å². The average molecular weight is 983 g/mol. The van der Waals surface area contributed by atoms with Crippen molar-refractivity contribution in [2.24, 2.45) is 0 Å². The second kappa shape index (κ2) is 24.1. The van der Waals surface area contributed by atoms with Gasteiger partial charge in [-0.3, -0.25) is 0 Å². The zero-order valence-corrected chi connectivity index (χ0v) is 41.0. The van der Waals surface area contributed by atoms with E-state index in [0.717, 1.165) is 35.1 Å². The molecular weight excluding hydrogens is 933 g/mol. The van der Waals surface area contributed by atoms with Gasteiger partial charge in [0.1, 0.15) is 11.6 Å². The zero-order chi connectivity index (χ0) is 44.3. The molecule has 2 aliphatic carbocycles. The van der Waals surface area contributed by atoms with E-state index < -0.39 is 0 Å². The molecule has 0 saturated heterocycles. The molecule has 0 saturated carbocycles. The Balaban J connectivity index is 0.000000168. The van der Waals surface area contributed by atoms with E-state index >= 15 is 0 Å². The van der Waals surface area contributed by atoms with Crippen LogP contribution in [0.1, 0.15) is 81.3 Å². The van der Waals surface area contributed by atoms with Gasteiger partial charge in [0.2, 0.25) is 0 Å². The summed E-state index contributed by atoms with van der Waals surface area (Å²) < 4.78 is 31.0. The summed E-state index contributed by atoms with van der Waals surface area (Å²) in [7, 11) is 0. The number of halogens is 4. The molecule has 2 atom stereocenters. The summed E-state index contributed by atoms with van der Waals surface area (Å²) in [5.41, 5.74) is 15.4. The number of hydrogen-bond acceptors (Lipinski definition) is 0. The molecule has 0 nitrogen and oxygen atoms in total. The van der Waals surface area contributed by atoms with E-state index in [1.165, 1.54) is 71.9 Å². The molecule has 10 rings (SSSR count). The van der Waals surface area contributed by atoms with Crippen LogP contribution in [0.15, 0.2) is 218 Å². The molecule has 0 aliphatic heterocycles. The topological polar surface area (TPSA) is 0 Å². The van der Waals surface area contributed by atoms with E-state index in [2.05, 4.69) is 147 Å². The van der Waals surface area contributed by atoms with Gasteiger partial charge in [-0.15, -0.1) is 47.6 Å². The monoisotopic (exact) mass is 980 g/mol. The first kappa shape index (κ1) is 49.6. The number of hydrogen-bond donors (Lipinski definition) is 0. The Hall–Kier alpha value is -5.83. The van der Waals surface area contributed by atoms with Gasteiger partial charge in [0.15, 0.2) is 0 Å². The fraction of sp³-hybridized carbons (Fsp3) is 0.0984. The molecule has 5 heteroatoms. The van der Waals surface area contributed by atoms with Crippen molar-refractivity contribution in [1.29, 1.82) is 0 Å². The maximum absolute atomic E-state index is 14.8. The number of fused-ring (bicyclic) bond motifs is 2. The molecule has 0 fully saturated rings. The van der Waals surface area contributed by atoms with Gasteiger partial charge < -0.3 is 24.8 Å². The molecule has 0 spiro atoms. The Kier molecular flexibility index (Phi) is 18.1. The van der Waals surface area contributed by atoms with Crippen LogP contribution in [0.2, 0.25) is 0 Å². The summed E-state index contributed by atoms with van der Waals surface area (Å²) in [4.78, 5) is 0. The molecule has 0 N–H and O–H groups in total. The molecule has 0 heterocycles. The Morgan fingerprint density at radius 1 is 0.470 bits per heavy atom.